The normalized spacial score (nSPS) is 17.3. The summed E-state index contributed by atoms with van der Waals surface area (Å²) in [4.78, 5) is 32.8. The third-order valence-corrected chi connectivity index (χ3v) is 5.63. The van der Waals surface area contributed by atoms with E-state index >= 15 is 0 Å². The Labute approximate surface area is 191 Å². The average Bonchev–Trinajstić information content (AvgIpc) is 3.05. The number of ketones is 1. The summed E-state index contributed by atoms with van der Waals surface area (Å²) in [6.45, 7) is 0. The number of alkyl halides is 2. The standard InChI is InChI=1S/C10H12FNO2S.C6H9FO.C4H5NO2.H2S/c1-14-10(13)8-6-3-2-5(11)4-7(6)15-9(8)12;7-5-1-3-6(8)4-2-5;1-7-4(6)2-3-5;/h5H,2-4,12H2,1H3;5H,1-4H2;2H2,1H3;1H2. The second kappa shape index (κ2) is 14.8. The first-order valence-corrected chi connectivity index (χ1v) is 10.3. The van der Waals surface area contributed by atoms with Gasteiger partial charge in [0.05, 0.1) is 25.9 Å². The van der Waals surface area contributed by atoms with Crippen LogP contribution in [0.1, 0.15) is 59.3 Å². The Bertz CT molecular complexity index is 785. The monoisotopic (exact) mass is 478 g/mol. The van der Waals surface area contributed by atoms with E-state index in [1.165, 1.54) is 25.6 Å². The number of nitrogens with two attached hydrogens (primary N) is 1. The maximum Gasteiger partial charge on any atom is 0.341 e. The number of esters is 2. The highest BCUT2D eigenvalue weighted by molar-refractivity contribution is 7.59. The molecule has 0 radical (unpaired) electrons. The first-order valence-electron chi connectivity index (χ1n) is 9.45. The molecule has 1 heterocycles. The summed E-state index contributed by atoms with van der Waals surface area (Å²) in [7, 11) is 2.58. The fraction of sp³-hybridized carbons (Fsp3) is 0.600. The molecule has 1 aromatic heterocycles. The zero-order valence-corrected chi connectivity index (χ0v) is 19.4. The summed E-state index contributed by atoms with van der Waals surface area (Å²) in [5.41, 5.74) is 7.07. The van der Waals surface area contributed by atoms with E-state index in [0.29, 0.717) is 55.5 Å². The first kappa shape index (κ1) is 28.8. The second-order valence-corrected chi connectivity index (χ2v) is 7.84. The molecule has 7 nitrogen and oxygen atoms in total. The third-order valence-electron chi connectivity index (χ3n) is 4.55. The Kier molecular flexibility index (Phi) is 13.7. The minimum absolute atomic E-state index is 0. The van der Waals surface area contributed by atoms with Crippen molar-refractivity contribution in [1.82, 2.24) is 0 Å². The number of hydrogen-bond acceptors (Lipinski definition) is 8. The van der Waals surface area contributed by atoms with Crippen molar-refractivity contribution in [3.8, 4) is 6.07 Å². The summed E-state index contributed by atoms with van der Waals surface area (Å²) in [6.07, 6.45) is 1.59. The zero-order valence-electron chi connectivity index (χ0n) is 17.5. The summed E-state index contributed by atoms with van der Waals surface area (Å²) in [5.74, 6) is -0.677. The van der Waals surface area contributed by atoms with Crippen molar-refractivity contribution in [3.05, 3.63) is 16.0 Å². The largest absolute Gasteiger partial charge is 0.468 e. The minimum atomic E-state index is -0.805. The van der Waals surface area contributed by atoms with E-state index in [0.717, 1.165) is 10.4 Å². The number of carbonyl (C=O) groups is 3. The van der Waals surface area contributed by atoms with E-state index in [2.05, 4.69) is 9.47 Å². The topological polar surface area (TPSA) is 119 Å². The Morgan fingerprint density at radius 1 is 1.13 bits per heavy atom. The van der Waals surface area contributed by atoms with Crippen molar-refractivity contribution in [2.24, 2.45) is 0 Å². The van der Waals surface area contributed by atoms with Gasteiger partial charge in [-0.2, -0.15) is 18.8 Å². The summed E-state index contributed by atoms with van der Waals surface area (Å²) < 4.78 is 34.1. The summed E-state index contributed by atoms with van der Waals surface area (Å²) in [5, 5.41) is 8.26. The van der Waals surface area contributed by atoms with E-state index in [4.69, 9.17) is 11.0 Å². The quantitative estimate of drug-likeness (QED) is 0.645. The Morgan fingerprint density at radius 3 is 2.16 bits per heavy atom. The predicted octanol–water partition coefficient (Wildman–Crippen LogP) is 3.60. The SMILES string of the molecule is COC(=O)CC#N.COC(=O)c1c(N)sc2c1CCC(F)C2.O=C1CCC(F)CC1.S. The van der Waals surface area contributed by atoms with Crippen LogP contribution in [0.3, 0.4) is 0 Å². The molecule has 3 rings (SSSR count). The number of rotatable bonds is 2. The number of nitriles is 1. The van der Waals surface area contributed by atoms with Gasteiger partial charge in [0, 0.05) is 24.1 Å². The van der Waals surface area contributed by atoms with Crippen molar-refractivity contribution in [3.63, 3.8) is 0 Å². The maximum atomic E-state index is 13.1. The lowest BCUT2D eigenvalue weighted by Crippen LogP contribution is -2.15. The molecule has 1 fully saturated rings. The number of nitrogen functional groups attached to an aromatic ring is 1. The zero-order chi connectivity index (χ0) is 22.7. The van der Waals surface area contributed by atoms with Gasteiger partial charge in [-0.25, -0.2) is 13.6 Å². The van der Waals surface area contributed by atoms with Gasteiger partial charge >= 0.3 is 11.9 Å². The molecule has 2 aliphatic rings. The van der Waals surface area contributed by atoms with Gasteiger partial charge in [0.15, 0.2) is 0 Å². The number of methoxy groups -OCH3 is 2. The number of halogens is 2. The molecule has 1 atom stereocenters. The lowest BCUT2D eigenvalue weighted by Gasteiger charge is -2.15. The van der Waals surface area contributed by atoms with Crippen LogP contribution in [-0.2, 0) is 31.9 Å². The number of nitrogens with zero attached hydrogens (tertiary/aromatic N) is 1. The number of hydrogen-bond donors (Lipinski definition) is 1. The number of fused-ring (bicyclic) bond motifs is 1. The van der Waals surface area contributed by atoms with Crippen molar-refractivity contribution in [1.29, 1.82) is 5.26 Å². The Morgan fingerprint density at radius 2 is 1.71 bits per heavy atom. The molecule has 174 valence electrons. The fourth-order valence-corrected chi connectivity index (χ4v) is 4.10. The highest BCUT2D eigenvalue weighted by atomic mass is 32.1. The van der Waals surface area contributed by atoms with Crippen LogP contribution in [0.4, 0.5) is 13.8 Å². The van der Waals surface area contributed by atoms with Gasteiger partial charge in [0.1, 0.15) is 29.5 Å². The van der Waals surface area contributed by atoms with Crippen LogP contribution in [0, 0.1) is 11.3 Å². The lowest BCUT2D eigenvalue weighted by atomic mass is 9.94. The molecule has 11 heteroatoms. The molecule has 1 unspecified atom stereocenters. The maximum absolute atomic E-state index is 13.1. The van der Waals surface area contributed by atoms with Crippen molar-refractivity contribution in [2.45, 2.75) is 63.7 Å². The van der Waals surface area contributed by atoms with Crippen molar-refractivity contribution in [2.75, 3.05) is 20.0 Å². The molecule has 2 aliphatic carbocycles. The number of carbonyl (C=O) groups excluding carboxylic acids is 3. The molecule has 0 aliphatic heterocycles. The van der Waals surface area contributed by atoms with Gasteiger partial charge in [0.25, 0.3) is 0 Å². The van der Waals surface area contributed by atoms with E-state index < -0.39 is 24.3 Å². The van der Waals surface area contributed by atoms with Crippen molar-refractivity contribution < 1.29 is 32.6 Å². The van der Waals surface area contributed by atoms with Crippen molar-refractivity contribution >= 4 is 47.6 Å². The van der Waals surface area contributed by atoms with Gasteiger partial charge < -0.3 is 15.2 Å². The Hall–Kier alpha value is -2.19. The summed E-state index contributed by atoms with van der Waals surface area (Å²) >= 11 is 1.30. The Balaban J connectivity index is 0.000000479. The third kappa shape index (κ3) is 9.65. The first-order chi connectivity index (χ1) is 14.2. The molecular weight excluding hydrogens is 450 g/mol. The fourth-order valence-electron chi connectivity index (χ4n) is 2.93. The van der Waals surface area contributed by atoms with Crippen LogP contribution in [0.5, 0.6) is 0 Å². The molecule has 0 amide bonds. The van der Waals surface area contributed by atoms with Crippen LogP contribution in [0.2, 0.25) is 0 Å². The minimum Gasteiger partial charge on any atom is -0.468 e. The molecule has 0 bridgehead atoms. The van der Waals surface area contributed by atoms with E-state index in [1.807, 2.05) is 0 Å². The van der Waals surface area contributed by atoms with Gasteiger partial charge in [-0.1, -0.05) is 0 Å². The number of thiophene rings is 1. The predicted molar refractivity (Wildman–Crippen MR) is 118 cm³/mol. The second-order valence-electron chi connectivity index (χ2n) is 6.70. The van der Waals surface area contributed by atoms with Crippen LogP contribution in [-0.4, -0.2) is 44.3 Å². The van der Waals surface area contributed by atoms with Gasteiger partial charge in [-0.05, 0) is 31.2 Å². The number of anilines is 1. The molecule has 0 aromatic carbocycles. The summed E-state index contributed by atoms with van der Waals surface area (Å²) in [6, 6.07) is 1.64. The molecule has 2 N–H and O–H groups in total. The van der Waals surface area contributed by atoms with Gasteiger partial charge in [0.2, 0.25) is 0 Å². The molecule has 31 heavy (non-hydrogen) atoms. The van der Waals surface area contributed by atoms with Gasteiger partial charge in [-0.15, -0.1) is 11.3 Å². The molecule has 1 saturated carbocycles. The smallest absolute Gasteiger partial charge is 0.341 e. The van der Waals surface area contributed by atoms with E-state index in [-0.39, 0.29) is 25.7 Å². The molecule has 1 aromatic rings. The molecular formula is C20H28F2N2O5S2. The molecule has 0 saturated heterocycles. The van der Waals surface area contributed by atoms with Crippen LogP contribution in [0.25, 0.3) is 0 Å². The highest BCUT2D eigenvalue weighted by Crippen LogP contribution is 2.37. The van der Waals surface area contributed by atoms with Gasteiger partial charge in [-0.3, -0.25) is 9.59 Å². The van der Waals surface area contributed by atoms with E-state index in [1.54, 1.807) is 6.07 Å². The molecule has 0 spiro atoms. The number of ether oxygens (including phenoxy) is 2. The van der Waals surface area contributed by atoms with Crippen LogP contribution >= 0.6 is 24.8 Å². The highest BCUT2D eigenvalue weighted by Gasteiger charge is 2.28. The lowest BCUT2D eigenvalue weighted by molar-refractivity contribution is -0.139. The van der Waals surface area contributed by atoms with Crippen LogP contribution in [0.15, 0.2) is 0 Å². The average molecular weight is 479 g/mol. The number of Topliss-reactive ketones (excluding diaryl/α,β-unsaturated/α-hetero) is 1. The van der Waals surface area contributed by atoms with E-state index in [9.17, 15) is 23.2 Å². The van der Waals surface area contributed by atoms with Crippen LogP contribution < -0.4 is 5.73 Å².